The van der Waals surface area contributed by atoms with Crippen LogP contribution >= 0.6 is 0 Å². The second kappa shape index (κ2) is 3.38. The van der Waals surface area contributed by atoms with Gasteiger partial charge < -0.3 is 4.52 Å². The lowest BCUT2D eigenvalue weighted by atomic mass is 10.1. The third kappa shape index (κ3) is 1.83. The maximum atomic E-state index is 12.5. The Labute approximate surface area is 82.5 Å². The molecule has 0 aliphatic rings. The van der Waals surface area contributed by atoms with E-state index in [1.807, 2.05) is 0 Å². The summed E-state index contributed by atoms with van der Waals surface area (Å²) in [5.74, 6) is -0.192. The summed E-state index contributed by atoms with van der Waals surface area (Å²) in [5.41, 5.74) is -0.943. The smallest absolute Gasteiger partial charge is 0.333 e. The average molecular weight is 213 g/mol. The molecule has 2 rings (SSSR count). The number of benzene rings is 1. The second-order valence-electron chi connectivity index (χ2n) is 2.74. The van der Waals surface area contributed by atoms with Crippen LogP contribution in [-0.4, -0.2) is 10.1 Å². The standard InChI is InChI=1S/C9H4F3N2O/c10-9(11,12)7-4-2-1-3-6(7)8-13-5-14-15-8/h1-4H. The highest BCUT2D eigenvalue weighted by molar-refractivity contribution is 5.59. The van der Waals surface area contributed by atoms with Gasteiger partial charge in [0, 0.05) is 0 Å². The maximum Gasteiger partial charge on any atom is 0.417 e. The van der Waals surface area contributed by atoms with E-state index in [2.05, 4.69) is 21.0 Å². The number of alkyl halides is 3. The Morgan fingerprint density at radius 1 is 1.20 bits per heavy atom. The van der Waals surface area contributed by atoms with Crippen molar-refractivity contribution in [3.8, 4) is 11.5 Å². The first-order valence-electron chi connectivity index (χ1n) is 3.95. The van der Waals surface area contributed by atoms with Gasteiger partial charge in [0.2, 0.25) is 6.33 Å². The molecule has 0 saturated carbocycles. The van der Waals surface area contributed by atoms with Crippen molar-refractivity contribution in [3.05, 3.63) is 36.2 Å². The quantitative estimate of drug-likeness (QED) is 0.730. The Kier molecular flexibility index (Phi) is 2.18. The lowest BCUT2D eigenvalue weighted by molar-refractivity contribution is -0.137. The van der Waals surface area contributed by atoms with Crippen molar-refractivity contribution in [2.45, 2.75) is 6.18 Å². The number of aromatic nitrogens is 2. The van der Waals surface area contributed by atoms with Gasteiger partial charge in [0.25, 0.3) is 5.89 Å². The number of rotatable bonds is 1. The van der Waals surface area contributed by atoms with Gasteiger partial charge in [-0.05, 0) is 12.1 Å². The summed E-state index contributed by atoms with van der Waals surface area (Å²) in [4.78, 5) is 3.46. The van der Waals surface area contributed by atoms with E-state index in [1.54, 1.807) is 0 Å². The molecule has 1 radical (unpaired) electrons. The van der Waals surface area contributed by atoms with Gasteiger partial charge in [0.05, 0.1) is 11.1 Å². The fourth-order valence-corrected chi connectivity index (χ4v) is 1.18. The van der Waals surface area contributed by atoms with E-state index in [0.29, 0.717) is 0 Å². The normalized spacial score (nSPS) is 11.7. The van der Waals surface area contributed by atoms with Crippen LogP contribution in [0, 0.1) is 6.33 Å². The van der Waals surface area contributed by atoms with E-state index in [1.165, 1.54) is 18.2 Å². The predicted molar refractivity (Wildman–Crippen MR) is 43.6 cm³/mol. The third-order valence-electron chi connectivity index (χ3n) is 1.79. The molecule has 0 spiro atoms. The van der Waals surface area contributed by atoms with Crippen LogP contribution in [0.15, 0.2) is 28.8 Å². The van der Waals surface area contributed by atoms with Crippen LogP contribution in [0.3, 0.4) is 0 Å². The highest BCUT2D eigenvalue weighted by Gasteiger charge is 2.34. The summed E-state index contributed by atoms with van der Waals surface area (Å²) in [6.45, 7) is 0. The number of halogens is 3. The van der Waals surface area contributed by atoms with Crippen molar-refractivity contribution in [2.24, 2.45) is 0 Å². The van der Waals surface area contributed by atoms with Crippen LogP contribution in [0.2, 0.25) is 0 Å². The fourth-order valence-electron chi connectivity index (χ4n) is 1.18. The van der Waals surface area contributed by atoms with E-state index in [0.717, 1.165) is 6.07 Å². The molecule has 0 atom stereocenters. The van der Waals surface area contributed by atoms with Crippen LogP contribution in [-0.2, 0) is 6.18 Å². The zero-order chi connectivity index (χ0) is 10.9. The number of hydrogen-bond acceptors (Lipinski definition) is 3. The van der Waals surface area contributed by atoms with Crippen LogP contribution in [0.5, 0.6) is 0 Å². The lowest BCUT2D eigenvalue weighted by Crippen LogP contribution is -2.06. The Hall–Kier alpha value is -1.85. The Bertz CT molecular complexity index is 451. The second-order valence-corrected chi connectivity index (χ2v) is 2.74. The molecular formula is C9H4F3N2O. The molecule has 0 saturated heterocycles. The molecule has 0 amide bonds. The summed E-state index contributed by atoms with van der Waals surface area (Å²) >= 11 is 0. The van der Waals surface area contributed by atoms with Crippen molar-refractivity contribution >= 4 is 0 Å². The first-order chi connectivity index (χ1) is 7.09. The number of nitrogens with zero attached hydrogens (tertiary/aromatic N) is 2. The van der Waals surface area contributed by atoms with Crippen LogP contribution in [0.1, 0.15) is 5.56 Å². The van der Waals surface area contributed by atoms with Crippen LogP contribution in [0.4, 0.5) is 13.2 Å². The summed E-state index contributed by atoms with van der Waals surface area (Å²) in [7, 11) is 0. The highest BCUT2D eigenvalue weighted by atomic mass is 19.4. The Morgan fingerprint density at radius 3 is 2.53 bits per heavy atom. The van der Waals surface area contributed by atoms with E-state index < -0.39 is 11.7 Å². The average Bonchev–Trinajstić information content (AvgIpc) is 2.69. The summed E-state index contributed by atoms with van der Waals surface area (Å²) in [6, 6.07) is 4.99. The van der Waals surface area contributed by atoms with Crippen LogP contribution in [0.25, 0.3) is 11.5 Å². The van der Waals surface area contributed by atoms with E-state index in [-0.39, 0.29) is 11.5 Å². The van der Waals surface area contributed by atoms with Gasteiger partial charge in [-0.25, -0.2) is 0 Å². The van der Waals surface area contributed by atoms with Gasteiger partial charge in [0.1, 0.15) is 0 Å². The van der Waals surface area contributed by atoms with Gasteiger partial charge in [-0.3, -0.25) is 0 Å². The molecule has 1 aromatic carbocycles. The minimum absolute atomic E-state index is 0.140. The molecule has 3 nitrogen and oxygen atoms in total. The zero-order valence-corrected chi connectivity index (χ0v) is 7.25. The van der Waals surface area contributed by atoms with Gasteiger partial charge in [0.15, 0.2) is 0 Å². The molecule has 1 heterocycles. The largest absolute Gasteiger partial charge is 0.417 e. The number of hydrogen-bond donors (Lipinski definition) is 0. The van der Waals surface area contributed by atoms with Crippen molar-refractivity contribution in [3.63, 3.8) is 0 Å². The molecule has 0 fully saturated rings. The topological polar surface area (TPSA) is 38.9 Å². The molecule has 15 heavy (non-hydrogen) atoms. The molecular weight excluding hydrogens is 209 g/mol. The van der Waals surface area contributed by atoms with Crippen molar-refractivity contribution in [1.82, 2.24) is 10.1 Å². The predicted octanol–water partition coefficient (Wildman–Crippen LogP) is 2.56. The van der Waals surface area contributed by atoms with Crippen molar-refractivity contribution < 1.29 is 17.7 Å². The molecule has 0 bridgehead atoms. The molecule has 0 aliphatic carbocycles. The molecule has 1 aromatic heterocycles. The first-order valence-corrected chi connectivity index (χ1v) is 3.95. The van der Waals surface area contributed by atoms with Gasteiger partial charge in [-0.2, -0.15) is 18.2 Å². The zero-order valence-electron chi connectivity index (χ0n) is 7.25. The minimum atomic E-state index is -4.44. The monoisotopic (exact) mass is 213 g/mol. The summed E-state index contributed by atoms with van der Waals surface area (Å²) < 4.78 is 42.2. The summed E-state index contributed by atoms with van der Waals surface area (Å²) in [6.07, 6.45) is -2.37. The third-order valence-corrected chi connectivity index (χ3v) is 1.79. The Morgan fingerprint density at radius 2 is 1.93 bits per heavy atom. The highest BCUT2D eigenvalue weighted by Crippen LogP contribution is 2.35. The molecule has 2 aromatic rings. The minimum Gasteiger partial charge on any atom is -0.333 e. The van der Waals surface area contributed by atoms with E-state index in [9.17, 15) is 13.2 Å². The van der Waals surface area contributed by atoms with E-state index in [4.69, 9.17) is 0 Å². The van der Waals surface area contributed by atoms with E-state index >= 15 is 0 Å². The van der Waals surface area contributed by atoms with Gasteiger partial charge in [-0.1, -0.05) is 17.3 Å². The van der Waals surface area contributed by atoms with Gasteiger partial charge in [-0.15, -0.1) is 0 Å². The SMILES string of the molecule is FC(F)(F)c1ccccc1-c1n[c]no1. The summed E-state index contributed by atoms with van der Waals surface area (Å²) in [5, 5.41) is 3.14. The first kappa shape index (κ1) is 9.70. The van der Waals surface area contributed by atoms with Crippen molar-refractivity contribution in [1.29, 1.82) is 0 Å². The van der Waals surface area contributed by atoms with Crippen molar-refractivity contribution in [2.75, 3.05) is 0 Å². The van der Waals surface area contributed by atoms with Crippen LogP contribution < -0.4 is 0 Å². The molecule has 0 unspecified atom stereocenters. The van der Waals surface area contributed by atoms with Gasteiger partial charge >= 0.3 is 6.18 Å². The molecule has 0 aliphatic heterocycles. The molecule has 0 N–H and O–H groups in total. The maximum absolute atomic E-state index is 12.5. The fraction of sp³-hybridized carbons (Fsp3) is 0.111. The Balaban J connectivity index is 2.58. The molecule has 77 valence electrons. The lowest BCUT2D eigenvalue weighted by Gasteiger charge is -2.09. The molecule has 6 heteroatoms.